The molecule has 9 heteroatoms. The zero-order valence-electron chi connectivity index (χ0n) is 15.9. The van der Waals surface area contributed by atoms with Crippen molar-refractivity contribution in [1.82, 2.24) is 20.1 Å². The van der Waals surface area contributed by atoms with E-state index in [4.69, 9.17) is 0 Å². The molecule has 0 saturated carbocycles. The maximum absolute atomic E-state index is 13.2. The van der Waals surface area contributed by atoms with Gasteiger partial charge >= 0.3 is 6.18 Å². The van der Waals surface area contributed by atoms with Gasteiger partial charge in [-0.1, -0.05) is 12.1 Å². The molecular weight excluding hydrogens is 395 g/mol. The first-order chi connectivity index (χ1) is 14.4. The van der Waals surface area contributed by atoms with Crippen molar-refractivity contribution in [2.45, 2.75) is 6.18 Å². The molecule has 30 heavy (non-hydrogen) atoms. The fourth-order valence-electron chi connectivity index (χ4n) is 3.39. The van der Waals surface area contributed by atoms with E-state index in [1.165, 1.54) is 23.1 Å². The third-order valence-electron chi connectivity index (χ3n) is 4.96. The predicted molar refractivity (Wildman–Crippen MR) is 105 cm³/mol. The van der Waals surface area contributed by atoms with Crippen LogP contribution in [0.2, 0.25) is 0 Å². The van der Waals surface area contributed by atoms with Crippen molar-refractivity contribution < 1.29 is 18.0 Å². The molecule has 1 amide bonds. The minimum absolute atomic E-state index is 0.303. The second-order valence-corrected chi connectivity index (χ2v) is 6.84. The normalized spacial score (nSPS) is 14.6. The molecule has 0 unspecified atom stereocenters. The van der Waals surface area contributed by atoms with E-state index in [1.807, 2.05) is 29.2 Å². The molecule has 1 aromatic carbocycles. The number of carbonyl (C=O) groups excluding carboxylic acids is 1. The molecule has 6 nitrogen and oxygen atoms in total. The number of halogens is 3. The van der Waals surface area contributed by atoms with E-state index in [0.29, 0.717) is 37.7 Å². The van der Waals surface area contributed by atoms with Gasteiger partial charge in [0.25, 0.3) is 5.91 Å². The number of aromatic nitrogens is 3. The number of anilines is 1. The van der Waals surface area contributed by atoms with Crippen LogP contribution in [0.4, 0.5) is 19.0 Å². The highest BCUT2D eigenvalue weighted by Crippen LogP contribution is 2.32. The van der Waals surface area contributed by atoms with Crippen molar-refractivity contribution in [1.29, 1.82) is 0 Å². The van der Waals surface area contributed by atoms with Gasteiger partial charge in [-0.2, -0.15) is 13.2 Å². The summed E-state index contributed by atoms with van der Waals surface area (Å²) >= 11 is 0. The largest absolute Gasteiger partial charge is 0.417 e. The van der Waals surface area contributed by atoms with Gasteiger partial charge in [-0.05, 0) is 36.4 Å². The maximum atomic E-state index is 13.2. The second kappa shape index (κ2) is 8.10. The molecule has 0 aliphatic carbocycles. The van der Waals surface area contributed by atoms with Crippen LogP contribution in [-0.2, 0) is 6.18 Å². The van der Waals surface area contributed by atoms with Gasteiger partial charge in [0.2, 0.25) is 0 Å². The molecule has 4 rings (SSSR count). The molecule has 0 N–H and O–H groups in total. The summed E-state index contributed by atoms with van der Waals surface area (Å²) in [6, 6.07) is 12.3. The maximum Gasteiger partial charge on any atom is 0.417 e. The summed E-state index contributed by atoms with van der Waals surface area (Å²) in [5, 5.41) is 8.48. The lowest BCUT2D eigenvalue weighted by Gasteiger charge is -2.35. The number of rotatable bonds is 3. The van der Waals surface area contributed by atoms with Gasteiger partial charge in [-0.15, -0.1) is 10.2 Å². The van der Waals surface area contributed by atoms with Crippen molar-refractivity contribution in [2.24, 2.45) is 0 Å². The average molecular weight is 413 g/mol. The Balaban J connectivity index is 1.43. The van der Waals surface area contributed by atoms with Crippen LogP contribution >= 0.6 is 0 Å². The molecular formula is C21H18F3N5O. The Bertz CT molecular complexity index is 1020. The van der Waals surface area contributed by atoms with E-state index >= 15 is 0 Å². The summed E-state index contributed by atoms with van der Waals surface area (Å²) < 4.78 is 39.6. The molecule has 0 spiro atoms. The molecule has 1 aliphatic heterocycles. The number of hydrogen-bond acceptors (Lipinski definition) is 5. The van der Waals surface area contributed by atoms with Crippen molar-refractivity contribution >= 4 is 11.7 Å². The summed E-state index contributed by atoms with van der Waals surface area (Å²) in [5.41, 5.74) is 0.327. The van der Waals surface area contributed by atoms with Crippen LogP contribution in [0.25, 0.3) is 11.3 Å². The lowest BCUT2D eigenvalue weighted by atomic mass is 10.1. The van der Waals surface area contributed by atoms with Crippen molar-refractivity contribution in [3.8, 4) is 11.3 Å². The number of benzene rings is 1. The highest BCUT2D eigenvalue weighted by Gasteiger charge is 2.36. The van der Waals surface area contributed by atoms with Crippen molar-refractivity contribution in [2.75, 3.05) is 31.1 Å². The average Bonchev–Trinajstić information content (AvgIpc) is 2.79. The van der Waals surface area contributed by atoms with Gasteiger partial charge in [0.1, 0.15) is 0 Å². The number of nitrogens with zero attached hydrogens (tertiary/aromatic N) is 5. The highest BCUT2D eigenvalue weighted by molar-refractivity contribution is 5.96. The third-order valence-corrected chi connectivity index (χ3v) is 4.96. The zero-order chi connectivity index (χ0) is 21.1. The summed E-state index contributed by atoms with van der Waals surface area (Å²) in [4.78, 5) is 20.1. The summed E-state index contributed by atoms with van der Waals surface area (Å²) in [5.74, 6) is 0.0472. The van der Waals surface area contributed by atoms with Gasteiger partial charge in [0.15, 0.2) is 5.82 Å². The Labute approximate surface area is 171 Å². The Hall–Kier alpha value is -3.49. The van der Waals surface area contributed by atoms with Gasteiger partial charge in [-0.3, -0.25) is 9.78 Å². The molecule has 3 aromatic rings. The van der Waals surface area contributed by atoms with Crippen LogP contribution in [0.3, 0.4) is 0 Å². The van der Waals surface area contributed by atoms with Crippen LogP contribution in [0.15, 0.2) is 60.9 Å². The molecule has 2 aromatic heterocycles. The number of pyridine rings is 1. The number of amides is 1. The molecule has 154 valence electrons. The highest BCUT2D eigenvalue weighted by atomic mass is 19.4. The van der Waals surface area contributed by atoms with E-state index in [2.05, 4.69) is 15.2 Å². The van der Waals surface area contributed by atoms with Crippen LogP contribution in [-0.4, -0.2) is 52.2 Å². The number of alkyl halides is 3. The van der Waals surface area contributed by atoms with E-state index < -0.39 is 17.6 Å². The standard InChI is InChI=1S/C21H18F3N5O/c22-21(23,24)17-6-2-1-5-16(17)20(30)29-12-10-28(11-13-29)19-8-7-18(26-27-19)15-4-3-9-25-14-15/h1-9,14H,10-13H2. The number of piperazine rings is 1. The van der Waals surface area contributed by atoms with Crippen LogP contribution < -0.4 is 4.90 Å². The Morgan fingerprint density at radius 3 is 2.30 bits per heavy atom. The Morgan fingerprint density at radius 1 is 0.900 bits per heavy atom. The minimum atomic E-state index is -4.57. The minimum Gasteiger partial charge on any atom is -0.352 e. The molecule has 1 aliphatic rings. The summed E-state index contributed by atoms with van der Waals surface area (Å²) in [6.45, 7) is 1.52. The van der Waals surface area contributed by atoms with E-state index in [1.54, 1.807) is 12.4 Å². The monoisotopic (exact) mass is 413 g/mol. The van der Waals surface area contributed by atoms with Crippen molar-refractivity contribution in [3.05, 3.63) is 72.1 Å². The Morgan fingerprint density at radius 2 is 1.67 bits per heavy atom. The number of hydrogen-bond donors (Lipinski definition) is 0. The van der Waals surface area contributed by atoms with Crippen LogP contribution in [0, 0.1) is 0 Å². The van der Waals surface area contributed by atoms with Gasteiger partial charge in [-0.25, -0.2) is 0 Å². The van der Waals surface area contributed by atoms with Crippen LogP contribution in [0.5, 0.6) is 0 Å². The van der Waals surface area contributed by atoms with E-state index in [0.717, 1.165) is 11.6 Å². The molecule has 1 saturated heterocycles. The first-order valence-corrected chi connectivity index (χ1v) is 9.38. The predicted octanol–water partition coefficient (Wildman–Crippen LogP) is 3.52. The fraction of sp³-hybridized carbons (Fsp3) is 0.238. The lowest BCUT2D eigenvalue weighted by Crippen LogP contribution is -2.49. The van der Waals surface area contributed by atoms with Crippen LogP contribution in [0.1, 0.15) is 15.9 Å². The zero-order valence-corrected chi connectivity index (χ0v) is 15.9. The SMILES string of the molecule is O=C(c1ccccc1C(F)(F)F)N1CCN(c2ccc(-c3cccnc3)nn2)CC1. The summed E-state index contributed by atoms with van der Waals surface area (Å²) in [7, 11) is 0. The molecule has 0 bridgehead atoms. The molecule has 1 fully saturated rings. The Kier molecular flexibility index (Phi) is 5.35. The molecule has 0 atom stereocenters. The summed E-state index contributed by atoms with van der Waals surface area (Å²) in [6.07, 6.45) is -1.19. The van der Waals surface area contributed by atoms with Gasteiger partial charge < -0.3 is 9.80 Å². The van der Waals surface area contributed by atoms with Crippen molar-refractivity contribution in [3.63, 3.8) is 0 Å². The first-order valence-electron chi connectivity index (χ1n) is 9.38. The molecule has 0 radical (unpaired) electrons. The van der Waals surface area contributed by atoms with E-state index in [9.17, 15) is 18.0 Å². The fourth-order valence-corrected chi connectivity index (χ4v) is 3.39. The quantitative estimate of drug-likeness (QED) is 0.658. The smallest absolute Gasteiger partial charge is 0.352 e. The first kappa shape index (κ1) is 19.8. The second-order valence-electron chi connectivity index (χ2n) is 6.84. The van der Waals surface area contributed by atoms with Gasteiger partial charge in [0.05, 0.1) is 16.8 Å². The lowest BCUT2D eigenvalue weighted by molar-refractivity contribution is -0.138. The number of carbonyl (C=O) groups is 1. The topological polar surface area (TPSA) is 62.2 Å². The van der Waals surface area contributed by atoms with E-state index in [-0.39, 0.29) is 5.56 Å². The third kappa shape index (κ3) is 4.10. The van der Waals surface area contributed by atoms with Gasteiger partial charge in [0, 0.05) is 44.1 Å². The molecule has 3 heterocycles.